The predicted molar refractivity (Wildman–Crippen MR) is 121 cm³/mol. The fraction of sp³-hybridized carbons (Fsp3) is 0.200. The summed E-state index contributed by atoms with van der Waals surface area (Å²) in [5, 5.41) is 15.7. The van der Waals surface area contributed by atoms with Crippen LogP contribution in [0.5, 0.6) is 0 Å². The quantitative estimate of drug-likeness (QED) is 0.430. The largest absolute Gasteiger partial charge is 0.437 e. The number of nitriles is 1. The van der Waals surface area contributed by atoms with Crippen LogP contribution in [0.2, 0.25) is 0 Å². The van der Waals surface area contributed by atoms with E-state index in [9.17, 15) is 18.0 Å². The summed E-state index contributed by atoms with van der Waals surface area (Å²) in [5.74, 6) is -0.675. The van der Waals surface area contributed by atoms with Gasteiger partial charge in [-0.15, -0.1) is 0 Å². The Hall–Kier alpha value is -4.19. The van der Waals surface area contributed by atoms with Crippen LogP contribution in [0.1, 0.15) is 44.1 Å². The van der Waals surface area contributed by atoms with E-state index in [1.165, 1.54) is 11.6 Å². The highest BCUT2D eigenvalue weighted by molar-refractivity contribution is 6.12. The van der Waals surface area contributed by atoms with Gasteiger partial charge in [-0.3, -0.25) is 14.5 Å². The van der Waals surface area contributed by atoms with Crippen LogP contribution in [0.4, 0.5) is 18.9 Å². The van der Waals surface area contributed by atoms with E-state index in [0.29, 0.717) is 27.7 Å². The maximum atomic E-state index is 13.8. The number of amides is 1. The minimum absolute atomic E-state index is 0.0487. The molecule has 9 heteroatoms. The lowest BCUT2D eigenvalue weighted by molar-refractivity contribution is -0.140. The zero-order chi connectivity index (χ0) is 24.6. The molecule has 0 bridgehead atoms. The average Bonchev–Trinajstić information content (AvgIpc) is 3.09. The highest BCUT2D eigenvalue weighted by Crippen LogP contribution is 2.36. The van der Waals surface area contributed by atoms with E-state index in [2.05, 4.69) is 15.4 Å². The Balaban J connectivity index is 1.73. The van der Waals surface area contributed by atoms with Gasteiger partial charge in [0.05, 0.1) is 40.6 Å². The van der Waals surface area contributed by atoms with Crippen molar-refractivity contribution in [3.05, 3.63) is 87.9 Å². The van der Waals surface area contributed by atoms with Gasteiger partial charge in [-0.2, -0.15) is 23.5 Å². The number of pyridine rings is 1. The Labute approximate surface area is 193 Å². The minimum Gasteiger partial charge on any atom is -0.319 e. The van der Waals surface area contributed by atoms with Gasteiger partial charge < -0.3 is 5.32 Å². The SMILES string of the molecule is Cc1ccc2c(C(=O)Nc3c(C(F)(F)F)nn(Cc4ccc(C#N)cc4)c3C)cc(C)nc2c1. The van der Waals surface area contributed by atoms with Gasteiger partial charge in [-0.1, -0.05) is 24.3 Å². The fourth-order valence-corrected chi connectivity index (χ4v) is 3.75. The Morgan fingerprint density at radius 1 is 1.09 bits per heavy atom. The van der Waals surface area contributed by atoms with Gasteiger partial charge in [0.15, 0.2) is 5.69 Å². The van der Waals surface area contributed by atoms with Crippen LogP contribution in [0.15, 0.2) is 48.5 Å². The lowest BCUT2D eigenvalue weighted by Crippen LogP contribution is -2.17. The summed E-state index contributed by atoms with van der Waals surface area (Å²) < 4.78 is 42.7. The van der Waals surface area contributed by atoms with E-state index < -0.39 is 17.8 Å². The van der Waals surface area contributed by atoms with Crippen LogP contribution in [0, 0.1) is 32.1 Å². The molecule has 0 aliphatic heterocycles. The Kier molecular flexibility index (Phi) is 5.83. The first-order valence-corrected chi connectivity index (χ1v) is 10.4. The maximum Gasteiger partial charge on any atom is 0.437 e. The zero-order valence-electron chi connectivity index (χ0n) is 18.7. The Bertz CT molecular complexity index is 1440. The van der Waals surface area contributed by atoms with Crippen molar-refractivity contribution in [2.24, 2.45) is 0 Å². The molecule has 0 fully saturated rings. The number of hydrogen-bond acceptors (Lipinski definition) is 4. The van der Waals surface area contributed by atoms with E-state index in [4.69, 9.17) is 5.26 Å². The van der Waals surface area contributed by atoms with Gasteiger partial charge in [-0.25, -0.2) is 0 Å². The van der Waals surface area contributed by atoms with Crippen LogP contribution in [0.25, 0.3) is 10.9 Å². The van der Waals surface area contributed by atoms with Gasteiger partial charge >= 0.3 is 6.18 Å². The molecule has 1 N–H and O–H groups in total. The molecule has 0 unspecified atom stereocenters. The van der Waals surface area contributed by atoms with Crippen LogP contribution in [-0.4, -0.2) is 20.7 Å². The van der Waals surface area contributed by atoms with Crippen molar-refractivity contribution in [3.8, 4) is 6.07 Å². The molecule has 2 aromatic heterocycles. The standard InChI is InChI=1S/C25H20F3N5O/c1-14-4-9-19-20(11-15(2)30-21(19)10-14)24(34)31-22-16(3)33(32-23(22)25(26,27)28)13-18-7-5-17(12-29)6-8-18/h4-11H,13H2,1-3H3,(H,31,34). The third kappa shape index (κ3) is 4.48. The van der Waals surface area contributed by atoms with E-state index >= 15 is 0 Å². The first-order valence-electron chi connectivity index (χ1n) is 10.4. The summed E-state index contributed by atoms with van der Waals surface area (Å²) in [4.78, 5) is 17.6. The lowest BCUT2D eigenvalue weighted by atomic mass is 10.0. The van der Waals surface area contributed by atoms with Crippen molar-refractivity contribution < 1.29 is 18.0 Å². The van der Waals surface area contributed by atoms with Crippen LogP contribution in [0.3, 0.4) is 0 Å². The molecule has 172 valence electrons. The van der Waals surface area contributed by atoms with Gasteiger partial charge in [-0.05, 0) is 56.2 Å². The topological polar surface area (TPSA) is 83.6 Å². The van der Waals surface area contributed by atoms with E-state index in [0.717, 1.165) is 5.56 Å². The van der Waals surface area contributed by atoms with Crippen molar-refractivity contribution in [1.82, 2.24) is 14.8 Å². The number of carbonyl (C=O) groups is 1. The number of anilines is 1. The first-order chi connectivity index (χ1) is 16.1. The normalized spacial score (nSPS) is 11.4. The number of hydrogen-bond donors (Lipinski definition) is 1. The number of aryl methyl sites for hydroxylation is 2. The molecule has 0 saturated heterocycles. The highest BCUT2D eigenvalue weighted by atomic mass is 19.4. The summed E-state index contributed by atoms with van der Waals surface area (Å²) in [6, 6.07) is 15.4. The molecule has 2 aromatic carbocycles. The zero-order valence-corrected chi connectivity index (χ0v) is 18.7. The third-order valence-electron chi connectivity index (χ3n) is 5.47. The number of nitrogens with zero attached hydrogens (tertiary/aromatic N) is 4. The number of aromatic nitrogens is 3. The molecule has 0 aliphatic carbocycles. The molecule has 0 saturated carbocycles. The molecule has 34 heavy (non-hydrogen) atoms. The number of fused-ring (bicyclic) bond motifs is 1. The number of carbonyl (C=O) groups excluding carboxylic acids is 1. The molecule has 0 atom stereocenters. The van der Waals surface area contributed by atoms with Gasteiger partial charge in [0.25, 0.3) is 5.91 Å². The van der Waals surface area contributed by atoms with E-state index in [-0.39, 0.29) is 23.5 Å². The van der Waals surface area contributed by atoms with Crippen LogP contribution in [-0.2, 0) is 12.7 Å². The molecule has 6 nitrogen and oxygen atoms in total. The van der Waals surface area contributed by atoms with Crippen LogP contribution < -0.4 is 5.32 Å². The highest BCUT2D eigenvalue weighted by Gasteiger charge is 2.39. The average molecular weight is 463 g/mol. The molecule has 0 spiro atoms. The summed E-state index contributed by atoms with van der Waals surface area (Å²) in [5.41, 5.74) is 2.07. The molecular formula is C25H20F3N5O. The third-order valence-corrected chi connectivity index (χ3v) is 5.47. The van der Waals surface area contributed by atoms with Crippen molar-refractivity contribution in [1.29, 1.82) is 5.26 Å². The fourth-order valence-electron chi connectivity index (χ4n) is 3.75. The molecule has 2 heterocycles. The Morgan fingerprint density at radius 2 is 1.79 bits per heavy atom. The maximum absolute atomic E-state index is 13.8. The lowest BCUT2D eigenvalue weighted by Gasteiger charge is -2.12. The summed E-state index contributed by atoms with van der Waals surface area (Å²) in [6.07, 6.45) is -4.77. The second kappa shape index (κ2) is 8.63. The summed E-state index contributed by atoms with van der Waals surface area (Å²) in [6.45, 7) is 5.14. The van der Waals surface area contributed by atoms with Crippen molar-refractivity contribution >= 4 is 22.5 Å². The monoisotopic (exact) mass is 463 g/mol. The van der Waals surface area contributed by atoms with E-state index in [1.54, 1.807) is 43.3 Å². The number of halogens is 3. The number of rotatable bonds is 4. The molecular weight excluding hydrogens is 443 g/mol. The van der Waals surface area contributed by atoms with Gasteiger partial charge in [0.1, 0.15) is 0 Å². The molecule has 1 amide bonds. The predicted octanol–water partition coefficient (Wildman–Crippen LogP) is 5.55. The van der Waals surface area contributed by atoms with Crippen molar-refractivity contribution in [2.45, 2.75) is 33.5 Å². The number of alkyl halides is 3. The minimum atomic E-state index is -4.77. The van der Waals surface area contributed by atoms with Gasteiger partial charge in [0.2, 0.25) is 0 Å². The van der Waals surface area contributed by atoms with Crippen molar-refractivity contribution in [3.63, 3.8) is 0 Å². The molecule has 0 aliphatic rings. The smallest absolute Gasteiger partial charge is 0.319 e. The molecule has 4 aromatic rings. The number of nitrogens with one attached hydrogen (secondary N) is 1. The number of benzene rings is 2. The first kappa shape index (κ1) is 23.0. The molecule has 0 radical (unpaired) electrons. The van der Waals surface area contributed by atoms with Crippen molar-refractivity contribution in [2.75, 3.05) is 5.32 Å². The second-order valence-electron chi connectivity index (χ2n) is 8.06. The van der Waals surface area contributed by atoms with E-state index in [1.807, 2.05) is 25.1 Å². The summed E-state index contributed by atoms with van der Waals surface area (Å²) in [7, 11) is 0. The van der Waals surface area contributed by atoms with Gasteiger partial charge in [0, 0.05) is 11.1 Å². The van der Waals surface area contributed by atoms with Crippen LogP contribution >= 0.6 is 0 Å². The second-order valence-corrected chi connectivity index (χ2v) is 8.06. The molecule has 4 rings (SSSR count). The summed E-state index contributed by atoms with van der Waals surface area (Å²) >= 11 is 0. The Morgan fingerprint density at radius 3 is 2.44 bits per heavy atom.